The van der Waals surface area contributed by atoms with Crippen molar-refractivity contribution in [3.8, 4) is 0 Å². The second-order valence-corrected chi connectivity index (χ2v) is 16.0. The van der Waals surface area contributed by atoms with Crippen molar-refractivity contribution < 1.29 is 28.4 Å². The Hall–Kier alpha value is -0.500. The molecule has 0 fully saturated rings. The largest absolute Gasteiger partial charge is 0.472 e. The van der Waals surface area contributed by atoms with Gasteiger partial charge in [0.15, 0.2) is 0 Å². The van der Waals surface area contributed by atoms with Gasteiger partial charge in [-0.1, -0.05) is 200 Å². The van der Waals surface area contributed by atoms with Crippen molar-refractivity contribution in [2.75, 3.05) is 19.8 Å². The third-order valence-corrected chi connectivity index (χ3v) is 10.7. The molecule has 0 spiro atoms. The summed E-state index contributed by atoms with van der Waals surface area (Å²) in [7, 11) is -4.30. The molecule has 0 aromatic rings. The van der Waals surface area contributed by atoms with Gasteiger partial charge < -0.3 is 21.1 Å². The zero-order valence-corrected chi connectivity index (χ0v) is 33.3. The molecule has 0 saturated heterocycles. The van der Waals surface area contributed by atoms with Gasteiger partial charge in [0.05, 0.1) is 25.4 Å². The van der Waals surface area contributed by atoms with Gasteiger partial charge >= 0.3 is 7.82 Å². The molecule has 1 amide bonds. The number of amides is 1. The van der Waals surface area contributed by atoms with Gasteiger partial charge in [-0.2, -0.15) is 0 Å². The molecule has 3 unspecified atom stereocenters. The molecule has 0 radical (unpaired) electrons. The molecule has 0 aromatic heterocycles. The number of carbonyl (C=O) groups is 1. The lowest BCUT2D eigenvalue weighted by Gasteiger charge is -2.25. The first-order valence-electron chi connectivity index (χ1n) is 21.2. The SMILES string of the molecule is CCCCCCCCCCCCCCCCCCCCC(O)C(COP(=O)(O)OCCN)NC(=O)CCCCCCCCCCCCCC. The first kappa shape index (κ1) is 48.5. The smallest absolute Gasteiger partial charge is 0.391 e. The molecule has 49 heavy (non-hydrogen) atoms. The van der Waals surface area contributed by atoms with Crippen LogP contribution in [0.1, 0.15) is 219 Å². The number of unbranched alkanes of at least 4 members (excludes halogenated alkanes) is 28. The summed E-state index contributed by atoms with van der Waals surface area (Å²) in [4.78, 5) is 22.7. The lowest BCUT2D eigenvalue weighted by atomic mass is 10.0. The first-order valence-corrected chi connectivity index (χ1v) is 22.6. The minimum atomic E-state index is -4.30. The molecule has 0 bridgehead atoms. The number of hydrogen-bond donors (Lipinski definition) is 4. The van der Waals surface area contributed by atoms with E-state index in [0.29, 0.717) is 12.8 Å². The van der Waals surface area contributed by atoms with Crippen molar-refractivity contribution in [3.63, 3.8) is 0 Å². The van der Waals surface area contributed by atoms with E-state index in [9.17, 15) is 19.4 Å². The molecule has 294 valence electrons. The molecular weight excluding hydrogens is 635 g/mol. The van der Waals surface area contributed by atoms with Crippen LogP contribution in [0, 0.1) is 0 Å². The number of phosphoric ester groups is 1. The van der Waals surface area contributed by atoms with Crippen LogP contribution in [0.2, 0.25) is 0 Å². The summed E-state index contributed by atoms with van der Waals surface area (Å²) in [5.41, 5.74) is 5.37. The van der Waals surface area contributed by atoms with E-state index in [0.717, 1.165) is 38.5 Å². The highest BCUT2D eigenvalue weighted by atomic mass is 31.2. The van der Waals surface area contributed by atoms with Crippen molar-refractivity contribution in [2.45, 2.75) is 231 Å². The molecule has 0 aliphatic heterocycles. The van der Waals surface area contributed by atoms with Crippen LogP contribution in [0.15, 0.2) is 0 Å². The Balaban J connectivity index is 4.12. The summed E-state index contributed by atoms with van der Waals surface area (Å²) < 4.78 is 22.1. The summed E-state index contributed by atoms with van der Waals surface area (Å²) in [5.74, 6) is -0.159. The van der Waals surface area contributed by atoms with E-state index in [1.54, 1.807) is 0 Å². The van der Waals surface area contributed by atoms with Gasteiger partial charge in [-0.25, -0.2) is 4.57 Å². The number of phosphoric acid groups is 1. The van der Waals surface area contributed by atoms with Gasteiger partial charge in [0, 0.05) is 13.0 Å². The summed E-state index contributed by atoms with van der Waals surface area (Å²) in [6.45, 7) is 4.22. The molecule has 0 aromatic carbocycles. The molecule has 0 saturated carbocycles. The van der Waals surface area contributed by atoms with Crippen LogP contribution >= 0.6 is 7.82 Å². The molecular formula is C40H83N2O6P. The second-order valence-electron chi connectivity index (χ2n) is 14.6. The Bertz CT molecular complexity index is 744. The standard InChI is InChI=1S/C40H83N2O6P/c1-3-5-7-9-11-13-15-17-18-19-20-21-22-23-25-27-29-31-33-39(43)38(37-48-49(45,46)47-36-35-41)42-40(44)34-32-30-28-26-24-16-14-12-10-8-6-4-2/h38-39,43H,3-37,41H2,1-2H3,(H,42,44)(H,45,46). The lowest BCUT2D eigenvalue weighted by molar-refractivity contribution is -0.123. The van der Waals surface area contributed by atoms with Gasteiger partial charge in [-0.3, -0.25) is 13.8 Å². The number of carbonyl (C=O) groups excluding carboxylic acids is 1. The fourth-order valence-electron chi connectivity index (χ4n) is 6.49. The summed E-state index contributed by atoms with van der Waals surface area (Å²) in [6, 6.07) is -0.766. The van der Waals surface area contributed by atoms with Crippen LogP contribution < -0.4 is 11.1 Å². The molecule has 0 rings (SSSR count). The third kappa shape index (κ3) is 35.7. The second kappa shape index (κ2) is 37.3. The van der Waals surface area contributed by atoms with Crippen LogP contribution in [-0.2, 0) is 18.4 Å². The van der Waals surface area contributed by atoms with Gasteiger partial charge in [0.1, 0.15) is 0 Å². The van der Waals surface area contributed by atoms with Crippen LogP contribution in [0.4, 0.5) is 0 Å². The zero-order valence-electron chi connectivity index (χ0n) is 32.5. The van der Waals surface area contributed by atoms with Crippen molar-refractivity contribution in [1.82, 2.24) is 5.32 Å². The average Bonchev–Trinajstić information content (AvgIpc) is 3.09. The Kier molecular flexibility index (Phi) is 36.9. The molecule has 5 N–H and O–H groups in total. The lowest BCUT2D eigenvalue weighted by Crippen LogP contribution is -2.46. The third-order valence-electron chi connectivity index (χ3n) is 9.71. The Labute approximate surface area is 303 Å². The molecule has 0 heterocycles. The molecule has 0 aliphatic carbocycles. The monoisotopic (exact) mass is 719 g/mol. The van der Waals surface area contributed by atoms with Crippen molar-refractivity contribution >= 4 is 13.7 Å². The Morgan fingerprint density at radius 2 is 0.939 bits per heavy atom. The van der Waals surface area contributed by atoms with Crippen molar-refractivity contribution in [1.29, 1.82) is 0 Å². The van der Waals surface area contributed by atoms with E-state index in [2.05, 4.69) is 19.2 Å². The Morgan fingerprint density at radius 3 is 1.31 bits per heavy atom. The number of hydrogen-bond acceptors (Lipinski definition) is 6. The normalized spacial score (nSPS) is 14.1. The van der Waals surface area contributed by atoms with E-state index >= 15 is 0 Å². The summed E-state index contributed by atoms with van der Waals surface area (Å²) in [6.07, 6.45) is 38.2. The number of aliphatic hydroxyl groups is 1. The van der Waals surface area contributed by atoms with Crippen molar-refractivity contribution in [2.24, 2.45) is 5.73 Å². The van der Waals surface area contributed by atoms with Crippen LogP contribution in [0.5, 0.6) is 0 Å². The molecule has 9 heteroatoms. The number of rotatable bonds is 40. The fraction of sp³-hybridized carbons (Fsp3) is 0.975. The predicted octanol–water partition coefficient (Wildman–Crippen LogP) is 11.4. The van der Waals surface area contributed by atoms with E-state index in [1.807, 2.05) is 0 Å². The molecule has 0 aliphatic rings. The maximum atomic E-state index is 12.7. The number of aliphatic hydroxyl groups excluding tert-OH is 1. The number of nitrogens with two attached hydrogens (primary N) is 1. The quantitative estimate of drug-likeness (QED) is 0.0366. The van der Waals surface area contributed by atoms with E-state index in [4.69, 9.17) is 14.8 Å². The molecule has 3 atom stereocenters. The highest BCUT2D eigenvalue weighted by Gasteiger charge is 2.27. The van der Waals surface area contributed by atoms with Crippen LogP contribution in [0.3, 0.4) is 0 Å². The fourth-order valence-corrected chi connectivity index (χ4v) is 7.25. The Morgan fingerprint density at radius 1 is 0.592 bits per heavy atom. The van der Waals surface area contributed by atoms with E-state index < -0.39 is 20.0 Å². The van der Waals surface area contributed by atoms with Gasteiger partial charge in [-0.05, 0) is 12.8 Å². The van der Waals surface area contributed by atoms with E-state index in [1.165, 1.54) is 154 Å². The summed E-state index contributed by atoms with van der Waals surface area (Å²) >= 11 is 0. The van der Waals surface area contributed by atoms with E-state index in [-0.39, 0.29) is 25.7 Å². The molecule has 8 nitrogen and oxygen atoms in total. The minimum absolute atomic E-state index is 0.0924. The topological polar surface area (TPSA) is 131 Å². The maximum absolute atomic E-state index is 12.7. The zero-order chi connectivity index (χ0) is 36.1. The average molecular weight is 719 g/mol. The highest BCUT2D eigenvalue weighted by Crippen LogP contribution is 2.43. The highest BCUT2D eigenvalue weighted by molar-refractivity contribution is 7.47. The van der Waals surface area contributed by atoms with Gasteiger partial charge in [-0.15, -0.1) is 0 Å². The predicted molar refractivity (Wildman–Crippen MR) is 208 cm³/mol. The first-order chi connectivity index (χ1) is 23.9. The van der Waals surface area contributed by atoms with Gasteiger partial charge in [0.2, 0.25) is 5.91 Å². The van der Waals surface area contributed by atoms with Gasteiger partial charge in [0.25, 0.3) is 0 Å². The van der Waals surface area contributed by atoms with Crippen LogP contribution in [-0.4, -0.2) is 47.8 Å². The summed E-state index contributed by atoms with van der Waals surface area (Å²) in [5, 5.41) is 13.8. The minimum Gasteiger partial charge on any atom is -0.391 e. The maximum Gasteiger partial charge on any atom is 0.472 e. The number of nitrogens with one attached hydrogen (secondary N) is 1. The van der Waals surface area contributed by atoms with Crippen molar-refractivity contribution in [3.05, 3.63) is 0 Å². The van der Waals surface area contributed by atoms with Crippen LogP contribution in [0.25, 0.3) is 0 Å².